The smallest absolute Gasteiger partial charge is 0.227 e. The van der Waals surface area contributed by atoms with Crippen molar-refractivity contribution in [3.63, 3.8) is 0 Å². The van der Waals surface area contributed by atoms with Crippen molar-refractivity contribution < 1.29 is 9.90 Å². The largest absolute Gasteiger partial charge is 0.394 e. The fraction of sp³-hybridized carbons (Fsp3) is 0.923. The molecule has 0 aromatic rings. The molecule has 98 valence electrons. The molecular formula is C13H24N2O2. The number of carbonyl (C=O) groups is 1. The van der Waals surface area contributed by atoms with Crippen molar-refractivity contribution in [2.24, 2.45) is 11.7 Å². The molecule has 2 rings (SSSR count). The molecule has 1 saturated carbocycles. The zero-order valence-corrected chi connectivity index (χ0v) is 10.5. The van der Waals surface area contributed by atoms with Crippen LogP contribution in [0.15, 0.2) is 0 Å². The summed E-state index contributed by atoms with van der Waals surface area (Å²) >= 11 is 0. The molecular weight excluding hydrogens is 216 g/mol. The predicted molar refractivity (Wildman–Crippen MR) is 66.4 cm³/mol. The van der Waals surface area contributed by atoms with Crippen LogP contribution in [-0.2, 0) is 4.79 Å². The van der Waals surface area contributed by atoms with Gasteiger partial charge in [-0.25, -0.2) is 0 Å². The fourth-order valence-electron chi connectivity index (χ4n) is 3.17. The van der Waals surface area contributed by atoms with Crippen LogP contribution in [-0.4, -0.2) is 41.1 Å². The highest BCUT2D eigenvalue weighted by atomic mass is 16.3. The van der Waals surface area contributed by atoms with Crippen LogP contribution < -0.4 is 5.73 Å². The maximum atomic E-state index is 12.5. The van der Waals surface area contributed by atoms with Crippen molar-refractivity contribution in [3.05, 3.63) is 0 Å². The number of hydrogen-bond acceptors (Lipinski definition) is 3. The Morgan fingerprint density at radius 3 is 2.71 bits per heavy atom. The van der Waals surface area contributed by atoms with Gasteiger partial charge in [0.2, 0.25) is 5.91 Å². The van der Waals surface area contributed by atoms with Gasteiger partial charge in [0, 0.05) is 12.6 Å². The summed E-state index contributed by atoms with van der Waals surface area (Å²) in [7, 11) is 0. The maximum Gasteiger partial charge on any atom is 0.227 e. The summed E-state index contributed by atoms with van der Waals surface area (Å²) in [5, 5.41) is 9.28. The number of nitrogens with zero attached hydrogens (tertiary/aromatic N) is 1. The molecule has 1 heterocycles. The minimum atomic E-state index is -0.00958. The summed E-state index contributed by atoms with van der Waals surface area (Å²) in [6, 6.07) is 0.0582. The Morgan fingerprint density at radius 1 is 1.18 bits per heavy atom. The van der Waals surface area contributed by atoms with Gasteiger partial charge in [-0.05, 0) is 25.7 Å². The van der Waals surface area contributed by atoms with E-state index in [9.17, 15) is 9.90 Å². The average molecular weight is 240 g/mol. The number of carbonyl (C=O) groups excluding carboxylic acids is 1. The van der Waals surface area contributed by atoms with Crippen LogP contribution in [0.25, 0.3) is 0 Å². The van der Waals surface area contributed by atoms with Crippen molar-refractivity contribution in [1.29, 1.82) is 0 Å². The molecule has 4 heteroatoms. The number of amides is 1. The van der Waals surface area contributed by atoms with Gasteiger partial charge in [0.15, 0.2) is 0 Å². The third kappa shape index (κ3) is 2.80. The van der Waals surface area contributed by atoms with E-state index >= 15 is 0 Å². The molecule has 2 fully saturated rings. The van der Waals surface area contributed by atoms with Gasteiger partial charge in [0.05, 0.1) is 18.6 Å². The molecule has 0 aromatic heterocycles. The van der Waals surface area contributed by atoms with Crippen molar-refractivity contribution >= 4 is 5.91 Å². The standard InChI is InChI=1S/C13H24N2O2/c14-12-7-3-1-2-6-11(12)13(17)15-8-4-5-10(15)9-16/h10-12,16H,1-9,14H2. The lowest BCUT2D eigenvalue weighted by molar-refractivity contribution is -0.138. The molecule has 3 atom stereocenters. The highest BCUT2D eigenvalue weighted by Crippen LogP contribution is 2.27. The van der Waals surface area contributed by atoms with Crippen molar-refractivity contribution in [3.8, 4) is 0 Å². The average Bonchev–Trinajstić information content (AvgIpc) is 2.71. The molecule has 3 N–H and O–H groups in total. The second-order valence-corrected chi connectivity index (χ2v) is 5.42. The predicted octanol–water partition coefficient (Wildman–Crippen LogP) is 0.877. The number of likely N-dealkylation sites (tertiary alicyclic amines) is 1. The van der Waals surface area contributed by atoms with E-state index in [0.717, 1.165) is 45.1 Å². The zero-order chi connectivity index (χ0) is 12.3. The number of aliphatic hydroxyl groups excluding tert-OH is 1. The second kappa shape index (κ2) is 5.83. The van der Waals surface area contributed by atoms with Crippen LogP contribution in [0.1, 0.15) is 44.9 Å². The van der Waals surface area contributed by atoms with E-state index in [2.05, 4.69) is 0 Å². The van der Waals surface area contributed by atoms with Gasteiger partial charge in [-0.3, -0.25) is 4.79 Å². The molecule has 4 nitrogen and oxygen atoms in total. The van der Waals surface area contributed by atoms with Gasteiger partial charge in [-0.1, -0.05) is 19.3 Å². The molecule has 0 aromatic carbocycles. The first-order valence-corrected chi connectivity index (χ1v) is 6.91. The van der Waals surface area contributed by atoms with Crippen LogP contribution in [0, 0.1) is 5.92 Å². The quantitative estimate of drug-likeness (QED) is 0.704. The minimum Gasteiger partial charge on any atom is -0.394 e. The summed E-state index contributed by atoms with van der Waals surface area (Å²) < 4.78 is 0. The lowest BCUT2D eigenvalue weighted by Gasteiger charge is -2.30. The number of rotatable bonds is 2. The van der Waals surface area contributed by atoms with Crippen molar-refractivity contribution in [2.75, 3.05) is 13.2 Å². The van der Waals surface area contributed by atoms with E-state index in [1.54, 1.807) is 0 Å². The topological polar surface area (TPSA) is 66.6 Å². The van der Waals surface area contributed by atoms with Gasteiger partial charge < -0.3 is 15.7 Å². The van der Waals surface area contributed by atoms with Gasteiger partial charge in [-0.15, -0.1) is 0 Å². The SMILES string of the molecule is NC1CCCCCC1C(=O)N1CCCC1CO. The number of hydrogen-bond donors (Lipinski definition) is 2. The fourth-order valence-corrected chi connectivity index (χ4v) is 3.17. The van der Waals surface area contributed by atoms with Gasteiger partial charge in [0.25, 0.3) is 0 Å². The molecule has 1 saturated heterocycles. The first-order chi connectivity index (χ1) is 8.24. The zero-order valence-electron chi connectivity index (χ0n) is 10.5. The summed E-state index contributed by atoms with van der Waals surface area (Å²) in [4.78, 5) is 14.3. The number of nitrogens with two attached hydrogens (primary N) is 1. The molecule has 1 aliphatic heterocycles. The van der Waals surface area contributed by atoms with E-state index in [0.29, 0.717) is 0 Å². The first kappa shape index (κ1) is 12.8. The van der Waals surface area contributed by atoms with Crippen LogP contribution in [0.2, 0.25) is 0 Å². The Kier molecular flexibility index (Phi) is 4.40. The number of aliphatic hydroxyl groups is 1. The third-order valence-electron chi connectivity index (χ3n) is 4.26. The molecule has 1 amide bonds. The Labute approximate surface area is 103 Å². The van der Waals surface area contributed by atoms with E-state index < -0.39 is 0 Å². The highest BCUT2D eigenvalue weighted by Gasteiger charge is 2.35. The van der Waals surface area contributed by atoms with E-state index in [-0.39, 0.29) is 30.5 Å². The van der Waals surface area contributed by atoms with E-state index in [4.69, 9.17) is 5.73 Å². The van der Waals surface area contributed by atoms with Gasteiger partial charge in [0.1, 0.15) is 0 Å². The van der Waals surface area contributed by atoms with Gasteiger partial charge in [-0.2, -0.15) is 0 Å². The molecule has 3 unspecified atom stereocenters. The Bertz CT molecular complexity index is 270. The Hall–Kier alpha value is -0.610. The lowest BCUT2D eigenvalue weighted by atomic mass is 9.93. The Morgan fingerprint density at radius 2 is 1.94 bits per heavy atom. The second-order valence-electron chi connectivity index (χ2n) is 5.42. The van der Waals surface area contributed by atoms with Crippen LogP contribution in [0.5, 0.6) is 0 Å². The monoisotopic (exact) mass is 240 g/mol. The highest BCUT2D eigenvalue weighted by molar-refractivity contribution is 5.80. The molecule has 1 aliphatic carbocycles. The van der Waals surface area contributed by atoms with Crippen LogP contribution in [0.3, 0.4) is 0 Å². The molecule has 0 bridgehead atoms. The van der Waals surface area contributed by atoms with Crippen molar-refractivity contribution in [1.82, 2.24) is 4.90 Å². The van der Waals surface area contributed by atoms with E-state index in [1.165, 1.54) is 6.42 Å². The van der Waals surface area contributed by atoms with Gasteiger partial charge >= 0.3 is 0 Å². The molecule has 0 radical (unpaired) electrons. The first-order valence-electron chi connectivity index (χ1n) is 6.91. The summed E-state index contributed by atoms with van der Waals surface area (Å²) in [6.07, 6.45) is 7.29. The molecule has 0 spiro atoms. The van der Waals surface area contributed by atoms with Crippen molar-refractivity contribution in [2.45, 2.75) is 57.0 Å². The molecule has 17 heavy (non-hydrogen) atoms. The summed E-state index contributed by atoms with van der Waals surface area (Å²) in [5.74, 6) is 0.181. The summed E-state index contributed by atoms with van der Waals surface area (Å²) in [5.41, 5.74) is 6.12. The van der Waals surface area contributed by atoms with E-state index in [1.807, 2.05) is 4.90 Å². The maximum absolute atomic E-state index is 12.5. The normalized spacial score (nSPS) is 34.7. The third-order valence-corrected chi connectivity index (χ3v) is 4.26. The van der Waals surface area contributed by atoms with Crippen LogP contribution in [0.4, 0.5) is 0 Å². The van der Waals surface area contributed by atoms with Crippen LogP contribution >= 0.6 is 0 Å². The molecule has 2 aliphatic rings. The lowest BCUT2D eigenvalue weighted by Crippen LogP contribution is -2.46. The Balaban J connectivity index is 2.02. The summed E-state index contributed by atoms with van der Waals surface area (Å²) in [6.45, 7) is 0.890. The minimum absolute atomic E-state index is 0.00958.